The third-order valence-corrected chi connectivity index (χ3v) is 5.19. The number of nitrogens with one attached hydrogen (secondary N) is 1. The van der Waals surface area contributed by atoms with Gasteiger partial charge in [-0.15, -0.1) is 0 Å². The van der Waals surface area contributed by atoms with Gasteiger partial charge in [0.05, 0.1) is 16.3 Å². The Bertz CT molecular complexity index is 1030. The topological polar surface area (TPSA) is 59.8 Å². The maximum Gasteiger partial charge on any atom is 0.275 e. The Morgan fingerprint density at radius 2 is 1.63 bits per heavy atom. The molecule has 0 unspecified atom stereocenters. The SMILES string of the molecule is Cc1cc(C(=O)Nc2nc(-c3ccccc3)c(-c3ccccc3)s2)n(C)n1. The predicted molar refractivity (Wildman–Crippen MR) is 109 cm³/mol. The van der Waals surface area contributed by atoms with Gasteiger partial charge in [-0.05, 0) is 18.6 Å². The van der Waals surface area contributed by atoms with Crippen molar-refractivity contribution in [1.82, 2.24) is 14.8 Å². The molecule has 1 N–H and O–H groups in total. The molecule has 0 fully saturated rings. The number of aryl methyl sites for hydroxylation is 2. The molecule has 1 amide bonds. The molecule has 134 valence electrons. The first-order chi connectivity index (χ1) is 13.1. The lowest BCUT2D eigenvalue weighted by atomic mass is 10.1. The molecule has 0 bridgehead atoms. The van der Waals surface area contributed by atoms with Crippen LogP contribution in [0.25, 0.3) is 21.7 Å². The molecular formula is C21H18N4OS. The highest BCUT2D eigenvalue weighted by molar-refractivity contribution is 7.19. The van der Waals surface area contributed by atoms with Crippen molar-refractivity contribution < 1.29 is 4.79 Å². The van der Waals surface area contributed by atoms with Crippen molar-refractivity contribution in [3.05, 3.63) is 78.1 Å². The minimum Gasteiger partial charge on any atom is -0.296 e. The van der Waals surface area contributed by atoms with Crippen molar-refractivity contribution in [2.45, 2.75) is 6.92 Å². The van der Waals surface area contributed by atoms with Crippen LogP contribution in [0.15, 0.2) is 66.7 Å². The zero-order valence-electron chi connectivity index (χ0n) is 15.0. The summed E-state index contributed by atoms with van der Waals surface area (Å²) in [5, 5.41) is 7.72. The van der Waals surface area contributed by atoms with Gasteiger partial charge in [0.1, 0.15) is 5.69 Å². The Morgan fingerprint density at radius 3 is 2.22 bits per heavy atom. The van der Waals surface area contributed by atoms with E-state index in [4.69, 9.17) is 4.98 Å². The number of amides is 1. The van der Waals surface area contributed by atoms with Crippen molar-refractivity contribution >= 4 is 22.4 Å². The summed E-state index contributed by atoms with van der Waals surface area (Å²) in [5.41, 5.74) is 4.26. The minimum atomic E-state index is -0.217. The van der Waals surface area contributed by atoms with Crippen LogP contribution in [0, 0.1) is 6.92 Å². The lowest BCUT2D eigenvalue weighted by Crippen LogP contribution is -2.15. The molecule has 0 aliphatic heterocycles. The molecule has 6 heteroatoms. The van der Waals surface area contributed by atoms with Crippen LogP contribution in [0.1, 0.15) is 16.2 Å². The zero-order chi connectivity index (χ0) is 18.8. The number of carbonyl (C=O) groups excluding carboxylic acids is 1. The number of aromatic nitrogens is 3. The molecule has 0 aliphatic carbocycles. The molecule has 0 saturated heterocycles. The van der Waals surface area contributed by atoms with Gasteiger partial charge in [-0.25, -0.2) is 4.98 Å². The van der Waals surface area contributed by atoms with E-state index in [1.165, 1.54) is 11.3 Å². The lowest BCUT2D eigenvalue weighted by molar-refractivity contribution is 0.101. The average Bonchev–Trinajstić information content (AvgIpc) is 3.26. The van der Waals surface area contributed by atoms with E-state index in [0.717, 1.165) is 27.4 Å². The largest absolute Gasteiger partial charge is 0.296 e. The first-order valence-electron chi connectivity index (χ1n) is 8.55. The van der Waals surface area contributed by atoms with Crippen LogP contribution in [0.5, 0.6) is 0 Å². The standard InChI is InChI=1S/C21H18N4OS/c1-14-13-17(25(2)24-14)20(26)23-21-22-18(15-9-5-3-6-10-15)19(27-21)16-11-7-4-8-12-16/h3-13H,1-2H3,(H,22,23,26). The molecule has 0 spiro atoms. The number of benzene rings is 2. The number of anilines is 1. The second-order valence-electron chi connectivity index (χ2n) is 6.18. The van der Waals surface area contributed by atoms with E-state index in [2.05, 4.69) is 22.5 Å². The second-order valence-corrected chi connectivity index (χ2v) is 7.18. The second kappa shape index (κ2) is 7.17. The number of rotatable bonds is 4. The first kappa shape index (κ1) is 17.2. The van der Waals surface area contributed by atoms with E-state index < -0.39 is 0 Å². The van der Waals surface area contributed by atoms with E-state index in [0.29, 0.717) is 10.8 Å². The van der Waals surface area contributed by atoms with Crippen LogP contribution in [-0.2, 0) is 7.05 Å². The van der Waals surface area contributed by atoms with Crippen LogP contribution in [-0.4, -0.2) is 20.7 Å². The normalized spacial score (nSPS) is 10.7. The fourth-order valence-electron chi connectivity index (χ4n) is 2.93. The van der Waals surface area contributed by atoms with E-state index in [9.17, 15) is 4.79 Å². The molecule has 5 nitrogen and oxygen atoms in total. The highest BCUT2D eigenvalue weighted by Crippen LogP contribution is 2.38. The number of hydrogen-bond acceptors (Lipinski definition) is 4. The van der Waals surface area contributed by atoms with Gasteiger partial charge < -0.3 is 0 Å². The Balaban J connectivity index is 1.73. The van der Waals surface area contributed by atoms with Gasteiger partial charge in [0.2, 0.25) is 0 Å². The summed E-state index contributed by atoms with van der Waals surface area (Å²) in [6, 6.07) is 21.9. The van der Waals surface area contributed by atoms with Gasteiger partial charge in [-0.2, -0.15) is 5.10 Å². The summed E-state index contributed by atoms with van der Waals surface area (Å²) in [6.45, 7) is 1.86. The van der Waals surface area contributed by atoms with Crippen LogP contribution >= 0.6 is 11.3 Å². The van der Waals surface area contributed by atoms with Crippen LogP contribution in [0.4, 0.5) is 5.13 Å². The van der Waals surface area contributed by atoms with E-state index >= 15 is 0 Å². The van der Waals surface area contributed by atoms with Gasteiger partial charge in [-0.3, -0.25) is 14.8 Å². The third-order valence-electron chi connectivity index (χ3n) is 4.17. The van der Waals surface area contributed by atoms with Crippen LogP contribution in [0.3, 0.4) is 0 Å². The van der Waals surface area contributed by atoms with E-state index in [1.807, 2.05) is 55.5 Å². The third kappa shape index (κ3) is 3.52. The van der Waals surface area contributed by atoms with Gasteiger partial charge in [0.15, 0.2) is 5.13 Å². The summed E-state index contributed by atoms with van der Waals surface area (Å²) < 4.78 is 1.58. The number of hydrogen-bond donors (Lipinski definition) is 1. The zero-order valence-corrected chi connectivity index (χ0v) is 15.8. The summed E-state index contributed by atoms with van der Waals surface area (Å²) in [5.74, 6) is -0.217. The van der Waals surface area contributed by atoms with Gasteiger partial charge in [0, 0.05) is 12.6 Å². The van der Waals surface area contributed by atoms with Gasteiger partial charge in [-0.1, -0.05) is 72.0 Å². The number of thiazole rings is 1. The Morgan fingerprint density at radius 1 is 1.00 bits per heavy atom. The number of nitrogens with zero attached hydrogens (tertiary/aromatic N) is 3. The lowest BCUT2D eigenvalue weighted by Gasteiger charge is -2.02. The fraction of sp³-hybridized carbons (Fsp3) is 0.0952. The molecule has 4 aromatic rings. The van der Waals surface area contributed by atoms with Crippen LogP contribution in [0.2, 0.25) is 0 Å². The highest BCUT2D eigenvalue weighted by atomic mass is 32.1. The molecule has 2 aromatic carbocycles. The van der Waals surface area contributed by atoms with Gasteiger partial charge in [0.25, 0.3) is 5.91 Å². The maximum atomic E-state index is 12.6. The first-order valence-corrected chi connectivity index (χ1v) is 9.37. The highest BCUT2D eigenvalue weighted by Gasteiger charge is 2.18. The van der Waals surface area contributed by atoms with Crippen molar-refractivity contribution in [3.63, 3.8) is 0 Å². The number of carbonyl (C=O) groups is 1. The summed E-state index contributed by atoms with van der Waals surface area (Å²) in [6.07, 6.45) is 0. The smallest absolute Gasteiger partial charge is 0.275 e. The fourth-order valence-corrected chi connectivity index (χ4v) is 3.92. The molecule has 0 saturated carbocycles. The molecular weight excluding hydrogens is 356 g/mol. The molecule has 2 aromatic heterocycles. The summed E-state index contributed by atoms with van der Waals surface area (Å²) >= 11 is 1.47. The molecule has 2 heterocycles. The molecule has 0 aliphatic rings. The maximum absolute atomic E-state index is 12.6. The van der Waals surface area contributed by atoms with Crippen molar-refractivity contribution in [1.29, 1.82) is 0 Å². The quantitative estimate of drug-likeness (QED) is 0.560. The molecule has 0 atom stereocenters. The van der Waals surface area contributed by atoms with Crippen molar-refractivity contribution in [2.75, 3.05) is 5.32 Å². The summed E-state index contributed by atoms with van der Waals surface area (Å²) in [7, 11) is 1.76. The molecule has 27 heavy (non-hydrogen) atoms. The Kier molecular flexibility index (Phi) is 4.56. The van der Waals surface area contributed by atoms with Crippen LogP contribution < -0.4 is 5.32 Å². The van der Waals surface area contributed by atoms with E-state index in [1.54, 1.807) is 17.8 Å². The molecule has 0 radical (unpaired) electrons. The Hall–Kier alpha value is -3.25. The summed E-state index contributed by atoms with van der Waals surface area (Å²) in [4.78, 5) is 18.4. The van der Waals surface area contributed by atoms with E-state index in [-0.39, 0.29) is 5.91 Å². The minimum absolute atomic E-state index is 0.217. The van der Waals surface area contributed by atoms with Crippen molar-refractivity contribution in [2.24, 2.45) is 7.05 Å². The molecule has 4 rings (SSSR count). The van der Waals surface area contributed by atoms with Gasteiger partial charge >= 0.3 is 0 Å². The monoisotopic (exact) mass is 374 g/mol. The van der Waals surface area contributed by atoms with Crippen molar-refractivity contribution in [3.8, 4) is 21.7 Å². The predicted octanol–water partition coefficient (Wildman–Crippen LogP) is 4.77. The Labute approximate surface area is 161 Å². The average molecular weight is 374 g/mol.